The zero-order chi connectivity index (χ0) is 20.9. The van der Waals surface area contributed by atoms with Crippen molar-refractivity contribution in [3.05, 3.63) is 65.7 Å². The van der Waals surface area contributed by atoms with Crippen LogP contribution >= 0.6 is 23.1 Å². The standard InChI is InChI=1S/C18H13F3N4O2S2/c19-18(20,21)12-7-4-8-13(9-12)22-14(26)10-28-17-25-24-16(29-17)23-15(27)11-5-2-1-3-6-11/h1-9H,10H2,(H,22,26)(H,23,24,27). The van der Waals surface area contributed by atoms with E-state index in [4.69, 9.17) is 0 Å². The molecule has 2 N–H and O–H groups in total. The molecule has 1 aromatic heterocycles. The lowest BCUT2D eigenvalue weighted by molar-refractivity contribution is -0.137. The Hall–Kier alpha value is -2.92. The highest BCUT2D eigenvalue weighted by molar-refractivity contribution is 8.01. The molecule has 0 atom stereocenters. The third kappa shape index (κ3) is 6.03. The molecule has 0 spiro atoms. The van der Waals surface area contributed by atoms with Gasteiger partial charge in [-0.2, -0.15) is 13.2 Å². The molecule has 3 rings (SSSR count). The fourth-order valence-corrected chi connectivity index (χ4v) is 3.72. The Balaban J connectivity index is 1.52. The van der Waals surface area contributed by atoms with Gasteiger partial charge in [-0.25, -0.2) is 0 Å². The monoisotopic (exact) mass is 438 g/mol. The minimum Gasteiger partial charge on any atom is -0.325 e. The lowest BCUT2D eigenvalue weighted by Crippen LogP contribution is -2.15. The van der Waals surface area contributed by atoms with E-state index < -0.39 is 17.6 Å². The molecular formula is C18H13F3N4O2S2. The number of anilines is 2. The second kappa shape index (κ2) is 9.05. The summed E-state index contributed by atoms with van der Waals surface area (Å²) in [5.41, 5.74) is -0.318. The molecule has 150 valence electrons. The van der Waals surface area contributed by atoms with Crippen molar-refractivity contribution in [2.24, 2.45) is 0 Å². The molecule has 0 bridgehead atoms. The van der Waals surface area contributed by atoms with E-state index >= 15 is 0 Å². The van der Waals surface area contributed by atoms with E-state index in [1.54, 1.807) is 30.3 Å². The lowest BCUT2D eigenvalue weighted by atomic mass is 10.2. The van der Waals surface area contributed by atoms with Crippen LogP contribution < -0.4 is 10.6 Å². The van der Waals surface area contributed by atoms with Crippen LogP contribution in [-0.2, 0) is 11.0 Å². The van der Waals surface area contributed by atoms with E-state index in [0.29, 0.717) is 9.90 Å². The first-order chi connectivity index (χ1) is 13.8. The molecule has 0 saturated heterocycles. The summed E-state index contributed by atoms with van der Waals surface area (Å²) in [5.74, 6) is -0.891. The Labute approximate surface area is 171 Å². The number of hydrogen-bond acceptors (Lipinski definition) is 6. The third-order valence-electron chi connectivity index (χ3n) is 3.46. The lowest BCUT2D eigenvalue weighted by Gasteiger charge is -2.09. The van der Waals surface area contributed by atoms with Crippen molar-refractivity contribution in [1.29, 1.82) is 0 Å². The highest BCUT2D eigenvalue weighted by Gasteiger charge is 2.30. The molecular weight excluding hydrogens is 425 g/mol. The van der Waals surface area contributed by atoms with Crippen molar-refractivity contribution in [1.82, 2.24) is 10.2 Å². The van der Waals surface area contributed by atoms with Crippen molar-refractivity contribution in [2.75, 3.05) is 16.4 Å². The summed E-state index contributed by atoms with van der Waals surface area (Å²) >= 11 is 2.15. The van der Waals surface area contributed by atoms with Gasteiger partial charge in [0.15, 0.2) is 4.34 Å². The summed E-state index contributed by atoms with van der Waals surface area (Å²) in [5, 5.41) is 13.0. The van der Waals surface area contributed by atoms with E-state index in [1.807, 2.05) is 0 Å². The van der Waals surface area contributed by atoms with Gasteiger partial charge in [-0.05, 0) is 30.3 Å². The largest absolute Gasteiger partial charge is 0.416 e. The zero-order valence-electron chi connectivity index (χ0n) is 14.6. The molecule has 11 heteroatoms. The number of rotatable bonds is 6. The van der Waals surface area contributed by atoms with E-state index in [0.717, 1.165) is 35.2 Å². The van der Waals surface area contributed by atoms with Gasteiger partial charge in [0, 0.05) is 11.3 Å². The number of nitrogens with one attached hydrogen (secondary N) is 2. The molecule has 1 heterocycles. The van der Waals surface area contributed by atoms with Gasteiger partial charge < -0.3 is 5.32 Å². The normalized spacial score (nSPS) is 11.1. The minimum atomic E-state index is -4.48. The van der Waals surface area contributed by atoms with Crippen molar-refractivity contribution in [2.45, 2.75) is 10.5 Å². The van der Waals surface area contributed by atoms with Gasteiger partial charge in [-0.3, -0.25) is 14.9 Å². The van der Waals surface area contributed by atoms with Gasteiger partial charge in [0.1, 0.15) is 0 Å². The number of nitrogens with zero attached hydrogens (tertiary/aromatic N) is 2. The molecule has 0 radical (unpaired) electrons. The van der Waals surface area contributed by atoms with Crippen LogP contribution in [0, 0.1) is 0 Å². The predicted octanol–water partition coefficient (Wildman–Crippen LogP) is 4.54. The minimum absolute atomic E-state index is 0.0542. The number of aromatic nitrogens is 2. The molecule has 3 aromatic rings. The van der Waals surface area contributed by atoms with Crippen molar-refractivity contribution in [3.63, 3.8) is 0 Å². The Morgan fingerprint density at radius 1 is 1.00 bits per heavy atom. The molecule has 29 heavy (non-hydrogen) atoms. The molecule has 0 aliphatic heterocycles. The molecule has 0 aliphatic rings. The van der Waals surface area contributed by atoms with Gasteiger partial charge in [-0.15, -0.1) is 10.2 Å². The molecule has 2 amide bonds. The molecule has 0 unspecified atom stereocenters. The van der Waals surface area contributed by atoms with Crippen LogP contribution in [0.1, 0.15) is 15.9 Å². The number of halogens is 3. The summed E-state index contributed by atoms with van der Waals surface area (Å²) in [7, 11) is 0. The zero-order valence-corrected chi connectivity index (χ0v) is 16.2. The average Bonchev–Trinajstić information content (AvgIpc) is 3.14. The first kappa shape index (κ1) is 20.8. The number of benzene rings is 2. The van der Waals surface area contributed by atoms with Gasteiger partial charge >= 0.3 is 6.18 Å². The highest BCUT2D eigenvalue weighted by atomic mass is 32.2. The summed E-state index contributed by atoms with van der Waals surface area (Å²) in [6.07, 6.45) is -4.48. The van der Waals surface area contributed by atoms with Crippen LogP contribution in [0.5, 0.6) is 0 Å². The highest BCUT2D eigenvalue weighted by Crippen LogP contribution is 2.31. The molecule has 0 fully saturated rings. The Morgan fingerprint density at radius 3 is 2.48 bits per heavy atom. The van der Waals surface area contributed by atoms with Crippen LogP contribution in [-0.4, -0.2) is 27.8 Å². The predicted molar refractivity (Wildman–Crippen MR) is 105 cm³/mol. The molecule has 6 nitrogen and oxygen atoms in total. The van der Waals surface area contributed by atoms with Gasteiger partial charge in [-0.1, -0.05) is 47.4 Å². The first-order valence-electron chi connectivity index (χ1n) is 8.11. The SMILES string of the molecule is O=C(CSc1nnc(NC(=O)c2ccccc2)s1)Nc1cccc(C(F)(F)F)c1. The fourth-order valence-electron chi connectivity index (χ4n) is 2.18. The number of alkyl halides is 3. The van der Waals surface area contributed by atoms with E-state index in [9.17, 15) is 22.8 Å². The second-order valence-electron chi connectivity index (χ2n) is 5.61. The first-order valence-corrected chi connectivity index (χ1v) is 9.91. The van der Waals surface area contributed by atoms with Crippen LogP contribution in [0.15, 0.2) is 58.9 Å². The number of amides is 2. The van der Waals surface area contributed by atoms with Crippen molar-refractivity contribution < 1.29 is 22.8 Å². The van der Waals surface area contributed by atoms with E-state index in [1.165, 1.54) is 12.1 Å². The van der Waals surface area contributed by atoms with Gasteiger partial charge in [0.25, 0.3) is 5.91 Å². The molecule has 0 saturated carbocycles. The van der Waals surface area contributed by atoms with Crippen molar-refractivity contribution >= 4 is 45.7 Å². The Morgan fingerprint density at radius 2 is 1.76 bits per heavy atom. The van der Waals surface area contributed by atoms with Crippen LogP contribution in [0.4, 0.5) is 24.0 Å². The van der Waals surface area contributed by atoms with Crippen LogP contribution in [0.2, 0.25) is 0 Å². The van der Waals surface area contributed by atoms with Crippen LogP contribution in [0.3, 0.4) is 0 Å². The van der Waals surface area contributed by atoms with Crippen LogP contribution in [0.25, 0.3) is 0 Å². The van der Waals surface area contributed by atoms with E-state index in [-0.39, 0.29) is 22.5 Å². The fraction of sp³-hybridized carbons (Fsp3) is 0.111. The number of carbonyl (C=O) groups is 2. The Kier molecular flexibility index (Phi) is 6.49. The van der Waals surface area contributed by atoms with Crippen molar-refractivity contribution in [3.8, 4) is 0 Å². The number of thioether (sulfide) groups is 1. The molecule has 0 aliphatic carbocycles. The summed E-state index contributed by atoms with van der Waals surface area (Å²) < 4.78 is 38.6. The van der Waals surface area contributed by atoms with Gasteiger partial charge in [0.05, 0.1) is 11.3 Å². The number of hydrogen-bond donors (Lipinski definition) is 2. The van der Waals surface area contributed by atoms with E-state index in [2.05, 4.69) is 20.8 Å². The maximum atomic E-state index is 12.7. The summed E-state index contributed by atoms with van der Waals surface area (Å²) in [4.78, 5) is 24.1. The molecule has 2 aromatic carbocycles. The quantitative estimate of drug-likeness (QED) is 0.436. The maximum absolute atomic E-state index is 12.7. The average molecular weight is 438 g/mol. The van der Waals surface area contributed by atoms with Gasteiger partial charge in [0.2, 0.25) is 11.0 Å². The second-order valence-corrected chi connectivity index (χ2v) is 7.81. The Bertz CT molecular complexity index is 1010. The number of carbonyl (C=O) groups excluding carboxylic acids is 2. The summed E-state index contributed by atoms with van der Waals surface area (Å²) in [6.45, 7) is 0. The third-order valence-corrected chi connectivity index (χ3v) is 5.44. The maximum Gasteiger partial charge on any atom is 0.416 e. The summed E-state index contributed by atoms with van der Waals surface area (Å²) in [6, 6.07) is 13.0. The topological polar surface area (TPSA) is 84.0 Å². The smallest absolute Gasteiger partial charge is 0.325 e.